The van der Waals surface area contributed by atoms with Crippen LogP contribution in [0, 0.1) is 31.1 Å². The van der Waals surface area contributed by atoms with Crippen molar-refractivity contribution in [1.82, 2.24) is 24.5 Å². The number of nitrogens with zero attached hydrogens (tertiary/aromatic N) is 5. The standard InChI is InChI=1S/C26H32N6O/c1-17(2)24(25-30-29-23-12-8-9-13-31(23)25)28-26(33)21(16-27)15-20-14-18(3)32(19(20)4)22-10-6-5-7-11-22/h8-9,12-15,17,22,24H,5-7,10-11H2,1-4H3,(H,28,33)/b21-15+. The molecule has 0 spiro atoms. The fourth-order valence-electron chi connectivity index (χ4n) is 4.97. The lowest BCUT2D eigenvalue weighted by atomic mass is 9.95. The summed E-state index contributed by atoms with van der Waals surface area (Å²) in [6.45, 7) is 8.22. The number of carbonyl (C=O) groups is 1. The molecule has 1 amide bonds. The van der Waals surface area contributed by atoms with Crippen LogP contribution in [0.2, 0.25) is 0 Å². The maximum Gasteiger partial charge on any atom is 0.262 e. The first-order valence-electron chi connectivity index (χ1n) is 11.8. The van der Waals surface area contributed by atoms with E-state index in [9.17, 15) is 10.1 Å². The lowest BCUT2D eigenvalue weighted by Crippen LogP contribution is -2.33. The van der Waals surface area contributed by atoms with Crippen molar-refractivity contribution in [2.24, 2.45) is 5.92 Å². The number of pyridine rings is 1. The largest absolute Gasteiger partial charge is 0.346 e. The molecule has 7 heteroatoms. The summed E-state index contributed by atoms with van der Waals surface area (Å²) in [6, 6.07) is 10.0. The summed E-state index contributed by atoms with van der Waals surface area (Å²) in [5, 5.41) is 21.4. The molecule has 0 aliphatic heterocycles. The van der Waals surface area contributed by atoms with Crippen molar-refractivity contribution in [1.29, 1.82) is 5.26 Å². The third kappa shape index (κ3) is 4.56. The molecule has 0 radical (unpaired) electrons. The molecule has 1 aliphatic rings. The number of hydrogen-bond acceptors (Lipinski definition) is 4. The van der Waals surface area contributed by atoms with Crippen LogP contribution in [-0.4, -0.2) is 25.1 Å². The van der Waals surface area contributed by atoms with E-state index in [1.807, 2.05) is 42.6 Å². The minimum absolute atomic E-state index is 0.0675. The van der Waals surface area contributed by atoms with Gasteiger partial charge in [-0.1, -0.05) is 39.2 Å². The van der Waals surface area contributed by atoms with Gasteiger partial charge in [0.05, 0.1) is 6.04 Å². The Labute approximate surface area is 195 Å². The molecule has 1 N–H and O–H groups in total. The van der Waals surface area contributed by atoms with Crippen LogP contribution in [-0.2, 0) is 4.79 Å². The van der Waals surface area contributed by atoms with Crippen LogP contribution in [0.3, 0.4) is 0 Å². The molecule has 1 saturated carbocycles. The summed E-state index contributed by atoms with van der Waals surface area (Å²) in [4.78, 5) is 13.2. The number of hydrogen-bond donors (Lipinski definition) is 1. The smallest absolute Gasteiger partial charge is 0.262 e. The van der Waals surface area contributed by atoms with E-state index in [4.69, 9.17) is 0 Å². The molecule has 0 saturated heterocycles. The first-order chi connectivity index (χ1) is 15.9. The molecule has 3 aromatic rings. The van der Waals surface area contributed by atoms with E-state index in [0.29, 0.717) is 11.9 Å². The van der Waals surface area contributed by atoms with E-state index >= 15 is 0 Å². The Morgan fingerprint density at radius 1 is 1.21 bits per heavy atom. The third-order valence-electron chi connectivity index (χ3n) is 6.70. The van der Waals surface area contributed by atoms with Gasteiger partial charge in [0.25, 0.3) is 5.91 Å². The highest BCUT2D eigenvalue weighted by Gasteiger charge is 2.26. The van der Waals surface area contributed by atoms with Gasteiger partial charge in [-0.25, -0.2) is 0 Å². The van der Waals surface area contributed by atoms with Gasteiger partial charge in [0.1, 0.15) is 11.6 Å². The molecule has 1 unspecified atom stereocenters. The van der Waals surface area contributed by atoms with Crippen molar-refractivity contribution < 1.29 is 4.79 Å². The molecule has 7 nitrogen and oxygen atoms in total. The van der Waals surface area contributed by atoms with Gasteiger partial charge in [-0.2, -0.15) is 5.26 Å². The molecular formula is C26H32N6O. The lowest BCUT2D eigenvalue weighted by molar-refractivity contribution is -0.118. The Morgan fingerprint density at radius 3 is 2.67 bits per heavy atom. The van der Waals surface area contributed by atoms with Crippen LogP contribution in [0.4, 0.5) is 0 Å². The number of aryl methyl sites for hydroxylation is 1. The maximum atomic E-state index is 13.2. The number of rotatable bonds is 6. The molecule has 1 fully saturated rings. The Bertz CT molecular complexity index is 1220. The maximum absolute atomic E-state index is 13.2. The van der Waals surface area contributed by atoms with Crippen molar-refractivity contribution in [3.8, 4) is 6.07 Å². The van der Waals surface area contributed by atoms with Gasteiger partial charge in [0.2, 0.25) is 0 Å². The number of nitriles is 1. The van der Waals surface area contributed by atoms with Crippen molar-refractivity contribution in [3.63, 3.8) is 0 Å². The monoisotopic (exact) mass is 444 g/mol. The quantitative estimate of drug-likeness (QED) is 0.424. The topological polar surface area (TPSA) is 88.0 Å². The van der Waals surface area contributed by atoms with Crippen LogP contribution in [0.15, 0.2) is 36.0 Å². The van der Waals surface area contributed by atoms with Crippen molar-refractivity contribution in [2.75, 3.05) is 0 Å². The van der Waals surface area contributed by atoms with Gasteiger partial charge < -0.3 is 9.88 Å². The summed E-state index contributed by atoms with van der Waals surface area (Å²) in [5.74, 6) is 0.325. The normalized spacial score (nSPS) is 16.2. The van der Waals surface area contributed by atoms with Gasteiger partial charge in [0.15, 0.2) is 11.5 Å². The molecular weight excluding hydrogens is 412 g/mol. The van der Waals surface area contributed by atoms with Gasteiger partial charge in [-0.15, -0.1) is 10.2 Å². The first kappa shape index (κ1) is 22.8. The SMILES string of the molecule is Cc1cc(/C=C(\C#N)C(=O)NC(c2nnc3ccccn23)C(C)C)c(C)n1C1CCCCC1. The first-order valence-corrected chi connectivity index (χ1v) is 11.8. The Balaban J connectivity index is 1.61. The van der Waals surface area contributed by atoms with E-state index in [2.05, 4.69) is 46.1 Å². The highest BCUT2D eigenvalue weighted by molar-refractivity contribution is 6.02. The van der Waals surface area contributed by atoms with Gasteiger partial charge in [-0.3, -0.25) is 9.20 Å². The van der Waals surface area contributed by atoms with E-state index in [-0.39, 0.29) is 17.5 Å². The second-order valence-corrected chi connectivity index (χ2v) is 9.34. The second kappa shape index (κ2) is 9.62. The fourth-order valence-corrected chi connectivity index (χ4v) is 4.97. The molecule has 0 aromatic carbocycles. The minimum atomic E-state index is -0.397. The van der Waals surface area contributed by atoms with Crippen LogP contribution in [0.5, 0.6) is 0 Å². The fraction of sp³-hybridized carbons (Fsp3) is 0.462. The molecule has 172 valence electrons. The molecule has 1 aliphatic carbocycles. The van der Waals surface area contributed by atoms with E-state index < -0.39 is 5.91 Å². The number of nitrogens with one attached hydrogen (secondary N) is 1. The summed E-state index contributed by atoms with van der Waals surface area (Å²) in [5.41, 5.74) is 4.04. The number of fused-ring (bicyclic) bond motifs is 1. The molecule has 4 rings (SSSR count). The van der Waals surface area contributed by atoms with Crippen LogP contribution >= 0.6 is 0 Å². The van der Waals surface area contributed by atoms with Gasteiger partial charge in [0, 0.05) is 23.6 Å². The predicted octanol–water partition coefficient (Wildman–Crippen LogP) is 5.07. The minimum Gasteiger partial charge on any atom is -0.346 e. The molecule has 33 heavy (non-hydrogen) atoms. The predicted molar refractivity (Wildman–Crippen MR) is 128 cm³/mol. The van der Waals surface area contributed by atoms with Crippen molar-refractivity contribution in [2.45, 2.75) is 71.9 Å². The van der Waals surface area contributed by atoms with E-state index in [1.165, 1.54) is 37.8 Å². The highest BCUT2D eigenvalue weighted by atomic mass is 16.1. The number of aromatic nitrogens is 4. The van der Waals surface area contributed by atoms with E-state index in [1.54, 1.807) is 6.08 Å². The van der Waals surface area contributed by atoms with Crippen molar-refractivity contribution in [3.05, 3.63) is 58.8 Å². The molecule has 3 aromatic heterocycles. The Kier molecular flexibility index (Phi) is 6.64. The summed E-state index contributed by atoms with van der Waals surface area (Å²) in [7, 11) is 0. The summed E-state index contributed by atoms with van der Waals surface area (Å²) >= 11 is 0. The van der Waals surface area contributed by atoms with Crippen LogP contribution in [0.25, 0.3) is 11.7 Å². The average Bonchev–Trinajstić information content (AvgIpc) is 3.36. The zero-order valence-corrected chi connectivity index (χ0v) is 19.9. The molecule has 3 heterocycles. The Hall–Kier alpha value is -3.40. The second-order valence-electron chi connectivity index (χ2n) is 9.34. The summed E-state index contributed by atoms with van der Waals surface area (Å²) in [6.07, 6.45) is 9.80. The molecule has 0 bridgehead atoms. The average molecular weight is 445 g/mol. The Morgan fingerprint density at radius 2 is 1.97 bits per heavy atom. The van der Waals surface area contributed by atoms with Crippen LogP contribution < -0.4 is 5.32 Å². The zero-order valence-electron chi connectivity index (χ0n) is 19.9. The molecule has 1 atom stereocenters. The lowest BCUT2D eigenvalue weighted by Gasteiger charge is -2.26. The van der Waals surface area contributed by atoms with E-state index in [0.717, 1.165) is 16.9 Å². The van der Waals surface area contributed by atoms with Crippen molar-refractivity contribution >= 4 is 17.6 Å². The van der Waals surface area contributed by atoms with Gasteiger partial charge >= 0.3 is 0 Å². The third-order valence-corrected chi connectivity index (χ3v) is 6.70. The number of carbonyl (C=O) groups excluding carboxylic acids is 1. The zero-order chi connectivity index (χ0) is 23.5. The highest BCUT2D eigenvalue weighted by Crippen LogP contribution is 2.33. The van der Waals surface area contributed by atoms with Crippen LogP contribution in [0.1, 0.15) is 80.8 Å². The van der Waals surface area contributed by atoms with Gasteiger partial charge in [-0.05, 0) is 62.4 Å². The number of amides is 1. The summed E-state index contributed by atoms with van der Waals surface area (Å²) < 4.78 is 4.26.